The minimum atomic E-state index is 0. The summed E-state index contributed by atoms with van der Waals surface area (Å²) in [6, 6.07) is 8.39. The summed E-state index contributed by atoms with van der Waals surface area (Å²) in [4.78, 5) is 14.5. The van der Waals surface area contributed by atoms with E-state index >= 15 is 0 Å². The molecule has 2 heterocycles. The Labute approximate surface area is 186 Å². The highest BCUT2D eigenvalue weighted by molar-refractivity contribution is 14.0. The number of halogens is 1. The van der Waals surface area contributed by atoms with E-state index in [2.05, 4.69) is 63.8 Å². The Morgan fingerprint density at radius 3 is 2.71 bits per heavy atom. The fraction of sp³-hybridized carbons (Fsp3) is 0.368. The van der Waals surface area contributed by atoms with Crippen LogP contribution >= 0.6 is 35.3 Å². The number of hydrogen-bond acceptors (Lipinski definition) is 5. The summed E-state index contributed by atoms with van der Waals surface area (Å²) in [5.41, 5.74) is 3.44. The van der Waals surface area contributed by atoms with Crippen molar-refractivity contribution in [1.82, 2.24) is 30.4 Å². The van der Waals surface area contributed by atoms with Crippen LogP contribution in [0.4, 0.5) is 0 Å². The molecule has 150 valence electrons. The molecule has 0 spiro atoms. The van der Waals surface area contributed by atoms with E-state index in [4.69, 9.17) is 4.99 Å². The molecular weight excluding hydrogens is 485 g/mol. The van der Waals surface area contributed by atoms with Gasteiger partial charge in [-0.25, -0.2) is 19.6 Å². The standard InChI is InChI=1S/C19H25N7S.HI/c1-4-21-19(23-10-18-25-14(2)15(3)27-18)22-9-16-6-5-7-17(8-16)11-26-13-20-12-24-26;/h5-8,12-13H,4,9-11H2,1-3H3,(H2,21,22,23);1H. The summed E-state index contributed by atoms with van der Waals surface area (Å²) >= 11 is 1.72. The van der Waals surface area contributed by atoms with Gasteiger partial charge < -0.3 is 10.6 Å². The molecule has 0 bridgehead atoms. The van der Waals surface area contributed by atoms with Crippen LogP contribution in [-0.4, -0.2) is 32.3 Å². The maximum absolute atomic E-state index is 4.70. The first-order valence-electron chi connectivity index (χ1n) is 8.99. The summed E-state index contributed by atoms with van der Waals surface area (Å²) in [6.07, 6.45) is 3.27. The predicted octanol–water partition coefficient (Wildman–Crippen LogP) is 3.27. The molecule has 0 aliphatic rings. The molecule has 2 N–H and O–H groups in total. The van der Waals surface area contributed by atoms with Crippen LogP contribution in [0.1, 0.15) is 33.6 Å². The molecule has 0 radical (unpaired) electrons. The van der Waals surface area contributed by atoms with E-state index in [1.54, 1.807) is 24.0 Å². The predicted molar refractivity (Wildman–Crippen MR) is 124 cm³/mol. The molecule has 0 aliphatic heterocycles. The third-order valence-electron chi connectivity index (χ3n) is 4.05. The highest BCUT2D eigenvalue weighted by atomic mass is 127. The molecule has 9 heteroatoms. The number of benzene rings is 1. The van der Waals surface area contributed by atoms with E-state index in [0.29, 0.717) is 19.6 Å². The fourth-order valence-corrected chi connectivity index (χ4v) is 3.49. The third kappa shape index (κ3) is 6.55. The normalized spacial score (nSPS) is 11.2. The topological polar surface area (TPSA) is 80.0 Å². The number of thiazole rings is 1. The Morgan fingerprint density at radius 2 is 2.04 bits per heavy atom. The van der Waals surface area contributed by atoms with Crippen LogP contribution in [0.5, 0.6) is 0 Å². The lowest BCUT2D eigenvalue weighted by atomic mass is 10.1. The van der Waals surface area contributed by atoms with Crippen molar-refractivity contribution in [3.8, 4) is 0 Å². The highest BCUT2D eigenvalue weighted by Gasteiger charge is 2.05. The van der Waals surface area contributed by atoms with Crippen LogP contribution in [0.3, 0.4) is 0 Å². The van der Waals surface area contributed by atoms with Gasteiger partial charge in [-0.05, 0) is 31.9 Å². The summed E-state index contributed by atoms with van der Waals surface area (Å²) in [6.45, 7) is 9.01. The van der Waals surface area contributed by atoms with E-state index in [0.717, 1.165) is 28.8 Å². The molecule has 1 aromatic carbocycles. The monoisotopic (exact) mass is 511 g/mol. The van der Waals surface area contributed by atoms with Crippen LogP contribution in [0.25, 0.3) is 0 Å². The van der Waals surface area contributed by atoms with E-state index < -0.39 is 0 Å². The molecule has 0 unspecified atom stereocenters. The quantitative estimate of drug-likeness (QED) is 0.289. The number of aromatic nitrogens is 4. The number of nitrogens with zero attached hydrogens (tertiary/aromatic N) is 5. The summed E-state index contributed by atoms with van der Waals surface area (Å²) in [7, 11) is 0. The summed E-state index contributed by atoms with van der Waals surface area (Å²) < 4.78 is 1.81. The Kier molecular flexibility index (Phi) is 8.84. The van der Waals surface area contributed by atoms with Crippen molar-refractivity contribution in [2.24, 2.45) is 4.99 Å². The molecule has 0 atom stereocenters. The van der Waals surface area contributed by atoms with Crippen LogP contribution in [0.15, 0.2) is 41.9 Å². The van der Waals surface area contributed by atoms with E-state index in [9.17, 15) is 0 Å². The van der Waals surface area contributed by atoms with Crippen molar-refractivity contribution in [3.05, 3.63) is 63.6 Å². The molecule has 0 fully saturated rings. The third-order valence-corrected chi connectivity index (χ3v) is 5.12. The zero-order valence-corrected chi connectivity index (χ0v) is 19.5. The molecule has 0 saturated carbocycles. The molecule has 0 amide bonds. The van der Waals surface area contributed by atoms with E-state index in [1.165, 1.54) is 10.4 Å². The molecule has 0 aliphatic carbocycles. The second-order valence-electron chi connectivity index (χ2n) is 6.21. The first kappa shape index (κ1) is 22.3. The van der Waals surface area contributed by atoms with Crippen molar-refractivity contribution in [3.63, 3.8) is 0 Å². The van der Waals surface area contributed by atoms with E-state index in [1.807, 2.05) is 11.6 Å². The van der Waals surface area contributed by atoms with Crippen LogP contribution in [0, 0.1) is 13.8 Å². The van der Waals surface area contributed by atoms with Gasteiger partial charge in [0.2, 0.25) is 0 Å². The number of aryl methyl sites for hydroxylation is 2. The Balaban J connectivity index is 0.00000280. The van der Waals surface area contributed by atoms with Crippen LogP contribution in [0.2, 0.25) is 0 Å². The maximum Gasteiger partial charge on any atom is 0.191 e. The van der Waals surface area contributed by atoms with E-state index in [-0.39, 0.29) is 24.0 Å². The lowest BCUT2D eigenvalue weighted by Crippen LogP contribution is -2.36. The Morgan fingerprint density at radius 1 is 1.21 bits per heavy atom. The molecule has 2 aromatic heterocycles. The van der Waals surface area contributed by atoms with Gasteiger partial charge >= 0.3 is 0 Å². The number of guanidine groups is 1. The summed E-state index contributed by atoms with van der Waals surface area (Å²) in [5, 5.41) is 11.9. The average molecular weight is 511 g/mol. The van der Waals surface area contributed by atoms with Gasteiger partial charge in [-0.2, -0.15) is 5.10 Å². The fourth-order valence-electron chi connectivity index (χ4n) is 2.61. The molecule has 28 heavy (non-hydrogen) atoms. The van der Waals surface area contributed by atoms with Crippen molar-refractivity contribution in [1.29, 1.82) is 0 Å². The first-order valence-corrected chi connectivity index (χ1v) is 9.81. The lowest BCUT2D eigenvalue weighted by molar-refractivity contribution is 0.684. The highest BCUT2D eigenvalue weighted by Crippen LogP contribution is 2.16. The van der Waals surface area contributed by atoms with Crippen molar-refractivity contribution >= 4 is 41.3 Å². The van der Waals surface area contributed by atoms with Gasteiger partial charge in [0.1, 0.15) is 17.7 Å². The number of aliphatic imine (C=N–C) groups is 1. The lowest BCUT2D eigenvalue weighted by Gasteiger charge is -2.10. The maximum atomic E-state index is 4.70. The van der Waals surface area contributed by atoms with Crippen molar-refractivity contribution in [2.45, 2.75) is 40.4 Å². The average Bonchev–Trinajstić information content (AvgIpc) is 3.28. The SMILES string of the molecule is CCNC(=NCc1cccc(Cn2cncn2)c1)NCc1nc(C)c(C)s1.I. The molecule has 3 rings (SSSR count). The van der Waals surface area contributed by atoms with Gasteiger partial charge in [-0.3, -0.25) is 0 Å². The molecule has 0 saturated heterocycles. The molecular formula is C19H26IN7S. The molecule has 3 aromatic rings. The van der Waals surface area contributed by atoms with Crippen LogP contribution < -0.4 is 10.6 Å². The van der Waals surface area contributed by atoms with Crippen molar-refractivity contribution in [2.75, 3.05) is 6.54 Å². The van der Waals surface area contributed by atoms with Gasteiger partial charge in [0.15, 0.2) is 5.96 Å². The minimum Gasteiger partial charge on any atom is -0.357 e. The van der Waals surface area contributed by atoms with Gasteiger partial charge in [0, 0.05) is 11.4 Å². The number of nitrogens with one attached hydrogen (secondary N) is 2. The number of rotatable bonds is 7. The van der Waals surface area contributed by atoms with Gasteiger partial charge in [-0.1, -0.05) is 24.3 Å². The number of hydrogen-bond donors (Lipinski definition) is 2. The second kappa shape index (κ2) is 11.1. The first-order chi connectivity index (χ1) is 13.1. The largest absolute Gasteiger partial charge is 0.357 e. The zero-order chi connectivity index (χ0) is 19.1. The zero-order valence-electron chi connectivity index (χ0n) is 16.3. The van der Waals surface area contributed by atoms with Gasteiger partial charge in [0.25, 0.3) is 0 Å². The summed E-state index contributed by atoms with van der Waals surface area (Å²) in [5.74, 6) is 0.796. The second-order valence-corrected chi connectivity index (χ2v) is 7.50. The Hall–Kier alpha value is -2.01. The Bertz CT molecular complexity index is 870. The molecule has 7 nitrogen and oxygen atoms in total. The van der Waals surface area contributed by atoms with Crippen LogP contribution in [-0.2, 0) is 19.6 Å². The minimum absolute atomic E-state index is 0. The van der Waals surface area contributed by atoms with Crippen molar-refractivity contribution < 1.29 is 0 Å². The van der Waals surface area contributed by atoms with Gasteiger partial charge in [-0.15, -0.1) is 35.3 Å². The smallest absolute Gasteiger partial charge is 0.191 e. The van der Waals surface area contributed by atoms with Gasteiger partial charge in [0.05, 0.1) is 25.3 Å².